The molecule has 2 aromatic rings. The van der Waals surface area contributed by atoms with Crippen LogP contribution in [0.2, 0.25) is 0 Å². The highest BCUT2D eigenvalue weighted by molar-refractivity contribution is 5.77. The number of fused-ring (bicyclic) bond motifs is 1. The summed E-state index contributed by atoms with van der Waals surface area (Å²) >= 11 is 0. The standard InChI is InChI=1S/C11H14N2/c1-2-3-7-10-9-6-4-5-8-11(9)13-12-10/h4-6,8H,2-3,7H2,1H3,(H,12,13)/p+1. The second-order valence-corrected chi connectivity index (χ2v) is 3.38. The molecule has 0 atom stereocenters. The molecule has 0 saturated heterocycles. The first kappa shape index (κ1) is 8.30. The predicted octanol–water partition coefficient (Wildman–Crippen LogP) is 2.32. The molecule has 2 nitrogen and oxygen atoms in total. The molecule has 0 amide bonds. The predicted molar refractivity (Wildman–Crippen MR) is 53.5 cm³/mol. The molecule has 0 radical (unpaired) electrons. The lowest BCUT2D eigenvalue weighted by molar-refractivity contribution is -0.421. The summed E-state index contributed by atoms with van der Waals surface area (Å²) in [4.78, 5) is 0. The van der Waals surface area contributed by atoms with E-state index in [0.717, 1.165) is 6.42 Å². The monoisotopic (exact) mass is 175 g/mol. The summed E-state index contributed by atoms with van der Waals surface area (Å²) in [6.45, 7) is 2.22. The van der Waals surface area contributed by atoms with E-state index in [4.69, 9.17) is 0 Å². The topological polar surface area (TPSA) is 29.9 Å². The molecule has 2 heteroatoms. The highest BCUT2D eigenvalue weighted by Gasteiger charge is 2.07. The van der Waals surface area contributed by atoms with Crippen molar-refractivity contribution in [3.05, 3.63) is 30.0 Å². The van der Waals surface area contributed by atoms with Gasteiger partial charge < -0.3 is 0 Å². The second kappa shape index (κ2) is 3.60. The molecular formula is C11H15N2+. The fourth-order valence-electron chi connectivity index (χ4n) is 1.62. The van der Waals surface area contributed by atoms with Gasteiger partial charge in [0.25, 0.3) is 0 Å². The van der Waals surface area contributed by atoms with Gasteiger partial charge in [0.05, 0.1) is 11.1 Å². The molecule has 1 aromatic carbocycles. The van der Waals surface area contributed by atoms with Crippen LogP contribution in [0.4, 0.5) is 0 Å². The molecule has 0 fully saturated rings. The van der Waals surface area contributed by atoms with Crippen LogP contribution in [0.1, 0.15) is 25.5 Å². The average molecular weight is 175 g/mol. The molecule has 1 heterocycles. The van der Waals surface area contributed by atoms with Gasteiger partial charge in [-0.1, -0.05) is 25.5 Å². The molecule has 0 unspecified atom stereocenters. The van der Waals surface area contributed by atoms with E-state index in [1.165, 1.54) is 29.4 Å². The largest absolute Gasteiger partial charge is 0.236 e. The Morgan fingerprint density at radius 2 is 2.15 bits per heavy atom. The average Bonchev–Trinajstić information content (AvgIpc) is 2.58. The fourth-order valence-corrected chi connectivity index (χ4v) is 1.62. The third-order valence-electron chi connectivity index (χ3n) is 2.38. The van der Waals surface area contributed by atoms with E-state index in [1.54, 1.807) is 0 Å². The van der Waals surface area contributed by atoms with Crippen molar-refractivity contribution in [2.45, 2.75) is 26.2 Å². The molecule has 0 aliphatic carbocycles. The number of H-pyrrole nitrogens is 2. The Balaban J connectivity index is 2.35. The van der Waals surface area contributed by atoms with E-state index in [2.05, 4.69) is 41.4 Å². The fraction of sp³-hybridized carbons (Fsp3) is 0.364. The van der Waals surface area contributed by atoms with Gasteiger partial charge in [0.1, 0.15) is 0 Å². The summed E-state index contributed by atoms with van der Waals surface area (Å²) in [5.74, 6) is 0. The molecule has 0 saturated carbocycles. The van der Waals surface area contributed by atoms with Crippen molar-refractivity contribution in [3.63, 3.8) is 0 Å². The summed E-state index contributed by atoms with van der Waals surface area (Å²) in [5.41, 5.74) is 2.53. The van der Waals surface area contributed by atoms with E-state index in [1.807, 2.05) is 0 Å². The molecule has 0 aliphatic rings. The van der Waals surface area contributed by atoms with Gasteiger partial charge >= 0.3 is 0 Å². The van der Waals surface area contributed by atoms with Crippen molar-refractivity contribution in [2.24, 2.45) is 0 Å². The van der Waals surface area contributed by atoms with E-state index < -0.39 is 0 Å². The third kappa shape index (κ3) is 1.57. The van der Waals surface area contributed by atoms with Gasteiger partial charge in [-0.25, -0.2) is 0 Å². The number of unbranched alkanes of at least 4 members (excludes halogenated alkanes) is 1. The number of hydrogen-bond acceptors (Lipinski definition) is 0. The van der Waals surface area contributed by atoms with E-state index >= 15 is 0 Å². The molecule has 0 aliphatic heterocycles. The van der Waals surface area contributed by atoms with E-state index in [0.29, 0.717) is 0 Å². The van der Waals surface area contributed by atoms with E-state index in [9.17, 15) is 0 Å². The maximum atomic E-state index is 3.22. The van der Waals surface area contributed by atoms with E-state index in [-0.39, 0.29) is 0 Å². The minimum absolute atomic E-state index is 1.14. The van der Waals surface area contributed by atoms with Gasteiger partial charge in [0.2, 0.25) is 5.52 Å². The van der Waals surface area contributed by atoms with Crippen LogP contribution in [0.15, 0.2) is 24.3 Å². The van der Waals surface area contributed by atoms with Crippen LogP contribution < -0.4 is 5.10 Å². The molecule has 2 rings (SSSR count). The van der Waals surface area contributed by atoms with Crippen LogP contribution in [0.5, 0.6) is 0 Å². The minimum Gasteiger partial charge on any atom is -0.171 e. The second-order valence-electron chi connectivity index (χ2n) is 3.38. The number of para-hydroxylation sites is 1. The number of nitrogens with one attached hydrogen (secondary N) is 2. The molecule has 68 valence electrons. The maximum absolute atomic E-state index is 3.22. The van der Waals surface area contributed by atoms with Gasteiger partial charge in [-0.15, -0.1) is 5.10 Å². The Labute approximate surface area is 78.0 Å². The van der Waals surface area contributed by atoms with Crippen molar-refractivity contribution >= 4 is 10.9 Å². The van der Waals surface area contributed by atoms with Crippen LogP contribution in [0.25, 0.3) is 10.9 Å². The van der Waals surface area contributed by atoms with Crippen molar-refractivity contribution in [2.75, 3.05) is 0 Å². The van der Waals surface area contributed by atoms with Crippen LogP contribution in [-0.2, 0) is 6.42 Å². The van der Waals surface area contributed by atoms with Gasteiger partial charge in [-0.05, 0) is 18.9 Å². The summed E-state index contributed by atoms with van der Waals surface area (Å²) in [6.07, 6.45) is 3.63. The van der Waals surface area contributed by atoms with Gasteiger partial charge in [0.15, 0.2) is 0 Å². The first-order valence-corrected chi connectivity index (χ1v) is 4.89. The number of rotatable bonds is 3. The lowest BCUT2D eigenvalue weighted by Crippen LogP contribution is -2.01. The van der Waals surface area contributed by atoms with Gasteiger partial charge in [-0.3, -0.25) is 0 Å². The number of aromatic amines is 2. The zero-order valence-electron chi connectivity index (χ0n) is 7.93. The lowest BCUT2D eigenvalue weighted by atomic mass is 10.1. The summed E-state index contributed by atoms with van der Waals surface area (Å²) in [7, 11) is 0. The van der Waals surface area contributed by atoms with Crippen molar-refractivity contribution in [1.29, 1.82) is 0 Å². The maximum Gasteiger partial charge on any atom is 0.236 e. The molecule has 0 bridgehead atoms. The van der Waals surface area contributed by atoms with Crippen LogP contribution in [0.3, 0.4) is 0 Å². The summed E-state index contributed by atoms with van der Waals surface area (Å²) in [6, 6.07) is 8.39. The molecule has 0 spiro atoms. The molecular weight excluding hydrogens is 160 g/mol. The minimum atomic E-state index is 1.14. The van der Waals surface area contributed by atoms with Gasteiger partial charge in [-0.2, -0.15) is 5.10 Å². The Hall–Kier alpha value is -1.31. The molecule has 1 aromatic heterocycles. The lowest BCUT2D eigenvalue weighted by Gasteiger charge is -1.92. The Morgan fingerprint density at radius 1 is 1.31 bits per heavy atom. The van der Waals surface area contributed by atoms with Crippen LogP contribution in [-0.4, -0.2) is 5.10 Å². The number of hydrogen-bond donors (Lipinski definition) is 1. The van der Waals surface area contributed by atoms with Crippen molar-refractivity contribution in [1.82, 2.24) is 5.10 Å². The number of aromatic nitrogens is 2. The smallest absolute Gasteiger partial charge is 0.171 e. The summed E-state index contributed by atoms with van der Waals surface area (Å²) < 4.78 is 0. The normalized spacial score (nSPS) is 10.8. The van der Waals surface area contributed by atoms with Crippen LogP contribution in [0, 0.1) is 0 Å². The van der Waals surface area contributed by atoms with Gasteiger partial charge in [0, 0.05) is 6.07 Å². The SMILES string of the molecule is CCCCc1[nH][nH+]c2ccccc12. The zero-order valence-corrected chi connectivity index (χ0v) is 7.93. The quantitative estimate of drug-likeness (QED) is 0.742. The van der Waals surface area contributed by atoms with Crippen molar-refractivity contribution in [3.8, 4) is 0 Å². The molecule has 2 N–H and O–H groups in total. The molecule has 13 heavy (non-hydrogen) atoms. The first-order valence-electron chi connectivity index (χ1n) is 4.89. The Bertz CT molecular complexity index is 390. The Kier molecular flexibility index (Phi) is 2.30. The first-order chi connectivity index (χ1) is 6.42. The summed E-state index contributed by atoms with van der Waals surface area (Å²) in [5, 5.41) is 7.73. The third-order valence-corrected chi connectivity index (χ3v) is 2.38. The number of aryl methyl sites for hydroxylation is 1. The number of benzene rings is 1. The highest BCUT2D eigenvalue weighted by atomic mass is 15.1. The highest BCUT2D eigenvalue weighted by Crippen LogP contribution is 2.14. The van der Waals surface area contributed by atoms with Crippen LogP contribution >= 0.6 is 0 Å². The Morgan fingerprint density at radius 3 is 3.00 bits per heavy atom. The zero-order chi connectivity index (χ0) is 9.10. The van der Waals surface area contributed by atoms with Crippen molar-refractivity contribution < 1.29 is 5.10 Å².